The van der Waals surface area contributed by atoms with Crippen LogP contribution in [0, 0.1) is 13.8 Å². The Hall–Kier alpha value is -1.11. The van der Waals surface area contributed by atoms with Crippen LogP contribution < -0.4 is 10.0 Å². The highest BCUT2D eigenvalue weighted by Crippen LogP contribution is 2.25. The predicted molar refractivity (Wildman–Crippen MR) is 79.6 cm³/mol. The van der Waals surface area contributed by atoms with Gasteiger partial charge in [0.2, 0.25) is 10.0 Å². The van der Waals surface area contributed by atoms with Crippen molar-refractivity contribution in [2.75, 3.05) is 19.0 Å². The van der Waals surface area contributed by atoms with E-state index < -0.39 is 10.0 Å². The summed E-state index contributed by atoms with van der Waals surface area (Å²) in [4.78, 5) is 0.371. The van der Waals surface area contributed by atoms with E-state index in [1.165, 1.54) is 0 Å². The zero-order valence-corrected chi connectivity index (χ0v) is 13.2. The van der Waals surface area contributed by atoms with Crippen molar-refractivity contribution in [3.05, 3.63) is 23.3 Å². The van der Waals surface area contributed by atoms with Crippen molar-refractivity contribution in [1.82, 2.24) is 4.72 Å². The third kappa shape index (κ3) is 2.97. The van der Waals surface area contributed by atoms with Gasteiger partial charge in [0.1, 0.15) is 0 Å². The number of sulfonamides is 1. The fraction of sp³-hybridized carbons (Fsp3) is 0.571. The first-order valence-corrected chi connectivity index (χ1v) is 8.26. The van der Waals surface area contributed by atoms with Gasteiger partial charge in [-0.3, -0.25) is 0 Å². The smallest absolute Gasteiger partial charge is 0.241 e. The number of rotatable bonds is 4. The second kappa shape index (κ2) is 5.71. The highest BCUT2D eigenvalue weighted by molar-refractivity contribution is 7.89. The Bertz CT molecular complexity index is 575. The van der Waals surface area contributed by atoms with Gasteiger partial charge in [0.25, 0.3) is 0 Å². The molecule has 0 amide bonds. The number of hydrogen-bond donors (Lipinski definition) is 2. The van der Waals surface area contributed by atoms with Crippen LogP contribution in [0.25, 0.3) is 0 Å². The third-order valence-electron chi connectivity index (χ3n) is 3.70. The second-order valence-electron chi connectivity index (χ2n) is 5.28. The van der Waals surface area contributed by atoms with Crippen molar-refractivity contribution in [3.8, 4) is 0 Å². The topological polar surface area (TPSA) is 67.4 Å². The molecule has 2 rings (SSSR count). The van der Waals surface area contributed by atoms with Crippen molar-refractivity contribution >= 4 is 15.7 Å². The summed E-state index contributed by atoms with van der Waals surface area (Å²) in [6.07, 6.45) is 0.634. The van der Waals surface area contributed by atoms with Crippen molar-refractivity contribution in [3.63, 3.8) is 0 Å². The minimum Gasteiger partial charge on any atom is -0.388 e. The molecular weight excluding hydrogens is 276 g/mol. The number of nitrogens with one attached hydrogen (secondary N) is 2. The van der Waals surface area contributed by atoms with E-state index in [0.29, 0.717) is 17.9 Å². The zero-order chi connectivity index (χ0) is 14.9. The molecule has 0 aromatic heterocycles. The quantitative estimate of drug-likeness (QED) is 0.889. The van der Waals surface area contributed by atoms with Crippen molar-refractivity contribution < 1.29 is 13.2 Å². The molecule has 1 aromatic rings. The number of aryl methyl sites for hydroxylation is 2. The van der Waals surface area contributed by atoms with Crippen LogP contribution >= 0.6 is 0 Å². The van der Waals surface area contributed by atoms with E-state index in [9.17, 15) is 8.42 Å². The summed E-state index contributed by atoms with van der Waals surface area (Å²) in [6.45, 7) is 6.13. The molecule has 0 radical (unpaired) electrons. The van der Waals surface area contributed by atoms with Gasteiger partial charge in [0.05, 0.1) is 17.0 Å². The van der Waals surface area contributed by atoms with Crippen molar-refractivity contribution in [2.24, 2.45) is 0 Å². The highest BCUT2D eigenvalue weighted by Gasteiger charge is 2.30. The van der Waals surface area contributed by atoms with Crippen molar-refractivity contribution in [2.45, 2.75) is 44.2 Å². The zero-order valence-electron chi connectivity index (χ0n) is 12.4. The summed E-state index contributed by atoms with van der Waals surface area (Å²) in [5.74, 6) is 0. The first-order chi connectivity index (χ1) is 9.35. The van der Waals surface area contributed by atoms with E-state index in [0.717, 1.165) is 16.8 Å². The molecule has 0 saturated carbocycles. The van der Waals surface area contributed by atoms with E-state index >= 15 is 0 Å². The summed E-state index contributed by atoms with van der Waals surface area (Å²) in [5, 5.41) is 3.03. The molecule has 5 nitrogen and oxygen atoms in total. The number of benzene rings is 1. The van der Waals surface area contributed by atoms with Gasteiger partial charge in [-0.05, 0) is 50.5 Å². The van der Waals surface area contributed by atoms with Gasteiger partial charge in [0, 0.05) is 19.3 Å². The summed E-state index contributed by atoms with van der Waals surface area (Å²) in [7, 11) is -1.70. The van der Waals surface area contributed by atoms with Crippen molar-refractivity contribution in [1.29, 1.82) is 0 Å². The summed E-state index contributed by atoms with van der Waals surface area (Å²) in [6, 6.07) is 3.54. The maximum Gasteiger partial charge on any atom is 0.241 e. The van der Waals surface area contributed by atoms with Crippen LogP contribution in [-0.2, 0) is 14.8 Å². The summed E-state index contributed by atoms with van der Waals surface area (Å²) in [5.41, 5.74) is 2.40. The molecule has 2 N–H and O–H groups in total. The Morgan fingerprint density at radius 3 is 2.30 bits per heavy atom. The van der Waals surface area contributed by atoms with E-state index in [2.05, 4.69) is 10.0 Å². The van der Waals surface area contributed by atoms with Crippen LogP contribution in [-0.4, -0.2) is 34.2 Å². The van der Waals surface area contributed by atoms with Gasteiger partial charge in [-0.1, -0.05) is 0 Å². The van der Waals surface area contributed by atoms with Crippen LogP contribution in [0.2, 0.25) is 0 Å². The molecule has 2 unspecified atom stereocenters. The third-order valence-corrected chi connectivity index (χ3v) is 5.49. The van der Waals surface area contributed by atoms with Gasteiger partial charge in [-0.15, -0.1) is 0 Å². The first-order valence-electron chi connectivity index (χ1n) is 6.78. The maximum atomic E-state index is 12.6. The van der Waals surface area contributed by atoms with E-state index in [4.69, 9.17) is 4.74 Å². The number of anilines is 1. The molecule has 1 aliphatic rings. The molecule has 0 aliphatic carbocycles. The van der Waals surface area contributed by atoms with E-state index in [1.54, 1.807) is 0 Å². The molecule has 1 saturated heterocycles. The van der Waals surface area contributed by atoms with Crippen LogP contribution in [0.15, 0.2) is 17.0 Å². The minimum absolute atomic E-state index is 0.0815. The molecule has 2 atom stereocenters. The number of ether oxygens (including phenoxy) is 1. The lowest BCUT2D eigenvalue weighted by molar-refractivity contribution is 0.117. The highest BCUT2D eigenvalue weighted by atomic mass is 32.2. The van der Waals surface area contributed by atoms with Gasteiger partial charge < -0.3 is 10.1 Å². The Morgan fingerprint density at radius 1 is 1.25 bits per heavy atom. The second-order valence-corrected chi connectivity index (χ2v) is 6.93. The summed E-state index contributed by atoms with van der Waals surface area (Å²) >= 11 is 0. The standard InChI is InChI=1S/C14H22N2O3S/c1-9-7-12(15-4)8-10(2)14(9)20(17,18)16-13-5-6-19-11(13)3/h7-8,11,13,15-16H,5-6H2,1-4H3. The van der Waals surface area contributed by atoms with Crippen LogP contribution in [0.5, 0.6) is 0 Å². The molecule has 6 heteroatoms. The molecule has 0 spiro atoms. The SMILES string of the molecule is CNc1cc(C)c(S(=O)(=O)NC2CCOC2C)c(C)c1. The van der Waals surface area contributed by atoms with E-state index in [1.807, 2.05) is 40.0 Å². The molecule has 1 fully saturated rings. The predicted octanol–water partition coefficient (Wildman–Crippen LogP) is 1.80. The average Bonchev–Trinajstić information content (AvgIpc) is 2.72. The minimum atomic E-state index is -3.52. The summed E-state index contributed by atoms with van der Waals surface area (Å²) < 4.78 is 33.4. The lowest BCUT2D eigenvalue weighted by atomic mass is 10.1. The van der Waals surface area contributed by atoms with Crippen LogP contribution in [0.4, 0.5) is 5.69 Å². The Labute approximate surface area is 120 Å². The Balaban J connectivity index is 2.34. The van der Waals surface area contributed by atoms with Gasteiger partial charge in [-0.2, -0.15) is 0 Å². The first kappa shape index (κ1) is 15.3. The van der Waals surface area contributed by atoms with E-state index in [-0.39, 0.29) is 12.1 Å². The number of hydrogen-bond acceptors (Lipinski definition) is 4. The van der Waals surface area contributed by atoms with Gasteiger partial charge in [0.15, 0.2) is 0 Å². The maximum absolute atomic E-state index is 12.6. The fourth-order valence-corrected chi connectivity index (χ4v) is 4.45. The van der Waals surface area contributed by atoms with Gasteiger partial charge >= 0.3 is 0 Å². The normalized spacial score (nSPS) is 23.0. The van der Waals surface area contributed by atoms with Crippen LogP contribution in [0.3, 0.4) is 0 Å². The fourth-order valence-electron chi connectivity index (χ4n) is 2.66. The Morgan fingerprint density at radius 2 is 1.85 bits per heavy atom. The Kier molecular flexibility index (Phi) is 4.36. The molecular formula is C14H22N2O3S. The molecule has 112 valence electrons. The molecule has 20 heavy (non-hydrogen) atoms. The monoisotopic (exact) mass is 298 g/mol. The van der Waals surface area contributed by atoms with Gasteiger partial charge in [-0.25, -0.2) is 13.1 Å². The average molecular weight is 298 g/mol. The largest absolute Gasteiger partial charge is 0.388 e. The molecule has 1 heterocycles. The molecule has 0 bridgehead atoms. The van der Waals surface area contributed by atoms with Crippen LogP contribution in [0.1, 0.15) is 24.5 Å². The molecule has 1 aromatic carbocycles. The lowest BCUT2D eigenvalue weighted by Crippen LogP contribution is -2.39. The lowest BCUT2D eigenvalue weighted by Gasteiger charge is -2.19. The molecule has 1 aliphatic heterocycles.